The molecule has 2 N–H and O–H groups in total. The Morgan fingerprint density at radius 3 is 2.57 bits per heavy atom. The number of piperazine rings is 1. The van der Waals surface area contributed by atoms with Gasteiger partial charge in [-0.25, -0.2) is 14.8 Å². The molecule has 7 rings (SSSR count). The number of nitrogens with zero attached hydrogens (tertiary/aromatic N) is 6. The number of aromatic nitrogens is 4. The van der Waals surface area contributed by atoms with Crippen LogP contribution in [0.25, 0.3) is 32.2 Å². The molecule has 3 aromatic heterocycles. The Hall–Kier alpha value is -3.30. The molecule has 9 nitrogen and oxygen atoms in total. The molecule has 42 heavy (non-hydrogen) atoms. The minimum Gasteiger partial charge on any atom is -0.368 e. The monoisotopic (exact) mass is 631 g/mol. The van der Waals surface area contributed by atoms with E-state index in [2.05, 4.69) is 21.5 Å². The normalized spacial score (nSPS) is 18.4. The number of halogens is 3. The Morgan fingerprint density at radius 2 is 1.90 bits per heavy atom. The lowest BCUT2D eigenvalue weighted by Gasteiger charge is -2.40. The number of rotatable bonds is 3. The van der Waals surface area contributed by atoms with Crippen molar-refractivity contribution in [2.75, 3.05) is 54.1 Å². The minimum atomic E-state index is -4.71. The van der Waals surface area contributed by atoms with Crippen LogP contribution in [-0.2, 0) is 17.5 Å². The molecule has 0 radical (unpaired) electrons. The van der Waals surface area contributed by atoms with E-state index < -0.39 is 17.4 Å². The van der Waals surface area contributed by atoms with Crippen LogP contribution in [0.15, 0.2) is 40.0 Å². The lowest BCUT2D eigenvalue weighted by molar-refractivity contribution is -0.137. The highest BCUT2D eigenvalue weighted by atomic mass is 32.2. The van der Waals surface area contributed by atoms with Crippen molar-refractivity contribution < 1.29 is 18.0 Å². The van der Waals surface area contributed by atoms with Gasteiger partial charge in [0.1, 0.15) is 5.82 Å². The summed E-state index contributed by atoms with van der Waals surface area (Å²) in [7, 11) is 0. The number of thiophene rings is 1. The second-order valence-electron chi connectivity index (χ2n) is 10.7. The van der Waals surface area contributed by atoms with Crippen molar-refractivity contribution in [1.82, 2.24) is 24.4 Å². The van der Waals surface area contributed by atoms with Crippen LogP contribution in [0.3, 0.4) is 0 Å². The van der Waals surface area contributed by atoms with Crippen LogP contribution in [-0.4, -0.2) is 73.8 Å². The predicted octanol–water partition coefficient (Wildman–Crippen LogP) is 4.34. The molecule has 0 saturated carbocycles. The molecule has 1 spiro atoms. The number of hydrogen-bond donors (Lipinski definition) is 1. The average molecular weight is 632 g/mol. The van der Waals surface area contributed by atoms with E-state index in [0.717, 1.165) is 17.6 Å². The number of benzene rings is 1. The molecule has 0 bridgehead atoms. The van der Waals surface area contributed by atoms with Gasteiger partial charge in [-0.3, -0.25) is 9.36 Å². The third-order valence-electron chi connectivity index (χ3n) is 8.00. The summed E-state index contributed by atoms with van der Waals surface area (Å²) in [5.41, 5.74) is 5.45. The van der Waals surface area contributed by atoms with E-state index >= 15 is 13.2 Å². The molecule has 1 amide bonds. The molecule has 2 saturated heterocycles. The summed E-state index contributed by atoms with van der Waals surface area (Å²) in [6.45, 7) is 5.24. The number of amides is 1. The Balaban J connectivity index is 1.51. The van der Waals surface area contributed by atoms with Gasteiger partial charge < -0.3 is 15.5 Å². The topological polar surface area (TPSA) is 110 Å². The molecule has 4 aromatic rings. The maximum Gasteiger partial charge on any atom is 0.417 e. The molecule has 3 aliphatic rings. The minimum absolute atomic E-state index is 0.0000699. The van der Waals surface area contributed by atoms with Gasteiger partial charge in [0.05, 0.1) is 27.5 Å². The number of nitrogen functional groups attached to an aromatic ring is 1. The van der Waals surface area contributed by atoms with Crippen LogP contribution in [0.2, 0.25) is 0 Å². The van der Waals surface area contributed by atoms with E-state index in [1.165, 1.54) is 35.4 Å². The Labute approximate surface area is 250 Å². The first-order valence-electron chi connectivity index (χ1n) is 13.1. The number of thioether (sulfide) groups is 2. The molecule has 6 heterocycles. The number of nitrogens with two attached hydrogens (primary N) is 1. The van der Waals surface area contributed by atoms with Gasteiger partial charge in [-0.05, 0) is 12.1 Å². The van der Waals surface area contributed by atoms with Crippen LogP contribution in [0.1, 0.15) is 5.56 Å². The van der Waals surface area contributed by atoms with E-state index in [1.54, 1.807) is 31.5 Å². The fourth-order valence-corrected chi connectivity index (χ4v) is 9.62. The highest BCUT2D eigenvalue weighted by Crippen LogP contribution is 2.53. The molecule has 15 heteroatoms. The van der Waals surface area contributed by atoms with E-state index in [-0.39, 0.29) is 34.0 Å². The van der Waals surface area contributed by atoms with Gasteiger partial charge >= 0.3 is 11.9 Å². The lowest BCUT2D eigenvalue weighted by Crippen LogP contribution is -2.49. The lowest BCUT2D eigenvalue weighted by atomic mass is 9.93. The summed E-state index contributed by atoms with van der Waals surface area (Å²) in [4.78, 5) is 42.4. The molecule has 0 atom stereocenters. The van der Waals surface area contributed by atoms with Crippen molar-refractivity contribution in [2.24, 2.45) is 5.41 Å². The fourth-order valence-electron chi connectivity index (χ4n) is 5.87. The number of fused-ring (bicyclic) bond motifs is 1. The summed E-state index contributed by atoms with van der Waals surface area (Å²) in [6.07, 6.45) is -1.96. The smallest absolute Gasteiger partial charge is 0.368 e. The number of carbonyl (C=O) groups is 1. The Bertz CT molecular complexity index is 1840. The number of carbonyl (C=O) groups excluding carboxylic acids is 1. The van der Waals surface area contributed by atoms with Crippen molar-refractivity contribution in [1.29, 1.82) is 0 Å². The first-order valence-corrected chi connectivity index (χ1v) is 16.2. The van der Waals surface area contributed by atoms with E-state index in [1.807, 2.05) is 0 Å². The summed E-state index contributed by atoms with van der Waals surface area (Å²) >= 11 is 4.38. The Kier molecular flexibility index (Phi) is 6.47. The van der Waals surface area contributed by atoms with Gasteiger partial charge in [-0.15, -0.1) is 23.1 Å². The summed E-state index contributed by atoms with van der Waals surface area (Å²) in [5.74, 6) is 2.16. The number of hydrogen-bond acceptors (Lipinski definition) is 10. The molecule has 0 unspecified atom stereocenters. The van der Waals surface area contributed by atoms with Gasteiger partial charge in [0.2, 0.25) is 11.9 Å². The maximum atomic E-state index is 15.0. The summed E-state index contributed by atoms with van der Waals surface area (Å²) in [5, 5.41) is 1.93. The molecular weight excluding hydrogens is 608 g/mol. The molecule has 1 aromatic carbocycles. The standard InChI is InChI=1S/C27H24F3N7O2S3/c1-2-18(38)35-3-5-36(6-4-35)23-14-7-16(27(28,29)30)19(15-9-41-17-8-32-24(31)33-20(15)17)22-21(14)37(25(39)34-23)10-26(13-42-22)11-40-12-26/h2,7-9H,1,3-6,10-13H2,(H2,31,32,33). The molecule has 218 valence electrons. The van der Waals surface area contributed by atoms with Gasteiger partial charge in [-0.2, -0.15) is 29.9 Å². The predicted molar refractivity (Wildman–Crippen MR) is 161 cm³/mol. The van der Waals surface area contributed by atoms with Crippen LogP contribution >= 0.6 is 34.9 Å². The first kappa shape index (κ1) is 27.5. The quantitative estimate of drug-likeness (QED) is 0.330. The third kappa shape index (κ3) is 4.35. The molecular formula is C27H24F3N7O2S3. The summed E-state index contributed by atoms with van der Waals surface area (Å²) in [6, 6.07) is 1.13. The Morgan fingerprint density at radius 1 is 1.14 bits per heavy atom. The van der Waals surface area contributed by atoms with Crippen molar-refractivity contribution in [3.05, 3.63) is 46.3 Å². The first-order chi connectivity index (χ1) is 20.1. The largest absolute Gasteiger partial charge is 0.417 e. The van der Waals surface area contributed by atoms with Gasteiger partial charge in [-0.1, -0.05) is 6.58 Å². The van der Waals surface area contributed by atoms with Crippen LogP contribution < -0.4 is 16.3 Å². The van der Waals surface area contributed by atoms with Crippen molar-refractivity contribution in [3.8, 4) is 11.1 Å². The van der Waals surface area contributed by atoms with Crippen molar-refractivity contribution in [2.45, 2.75) is 17.6 Å². The third-order valence-corrected chi connectivity index (χ3v) is 12.0. The SMILES string of the molecule is C=CC(=O)N1CCN(c2nc(=O)n3c4c(c(-c5csc6cnc(N)nc56)c(C(F)(F)F)cc24)SCC2(CSC2)C3)CC1. The maximum absolute atomic E-state index is 15.0. The van der Waals surface area contributed by atoms with Gasteiger partial charge in [0, 0.05) is 82.2 Å². The second kappa shape index (κ2) is 9.88. The van der Waals surface area contributed by atoms with E-state index in [9.17, 15) is 9.59 Å². The highest BCUT2D eigenvalue weighted by Gasteiger charge is 2.44. The van der Waals surface area contributed by atoms with Crippen LogP contribution in [0, 0.1) is 5.41 Å². The molecule has 2 fully saturated rings. The number of alkyl halides is 3. The van der Waals surface area contributed by atoms with Gasteiger partial charge in [0.15, 0.2) is 0 Å². The van der Waals surface area contributed by atoms with E-state index in [4.69, 9.17) is 5.73 Å². The zero-order valence-corrected chi connectivity index (χ0v) is 24.6. The van der Waals surface area contributed by atoms with Gasteiger partial charge in [0.25, 0.3) is 0 Å². The van der Waals surface area contributed by atoms with Crippen LogP contribution in [0.5, 0.6) is 0 Å². The number of anilines is 2. The van der Waals surface area contributed by atoms with Crippen molar-refractivity contribution in [3.63, 3.8) is 0 Å². The molecule has 3 aliphatic heterocycles. The average Bonchev–Trinajstić information content (AvgIpc) is 3.25. The fraction of sp³-hybridized carbons (Fsp3) is 0.370. The van der Waals surface area contributed by atoms with Crippen LogP contribution in [0.4, 0.5) is 24.9 Å². The highest BCUT2D eigenvalue weighted by molar-refractivity contribution is 8.01. The molecule has 0 aliphatic carbocycles. The van der Waals surface area contributed by atoms with Crippen molar-refractivity contribution >= 4 is 73.7 Å². The summed E-state index contributed by atoms with van der Waals surface area (Å²) < 4.78 is 47.3. The zero-order chi connectivity index (χ0) is 29.4. The second-order valence-corrected chi connectivity index (χ2v) is 13.6. The van der Waals surface area contributed by atoms with E-state index in [0.29, 0.717) is 64.7 Å². The zero-order valence-electron chi connectivity index (χ0n) is 22.1.